The van der Waals surface area contributed by atoms with Gasteiger partial charge in [-0.05, 0) is 48.7 Å². The van der Waals surface area contributed by atoms with Gasteiger partial charge >= 0.3 is 0 Å². The number of benzene rings is 2. The van der Waals surface area contributed by atoms with Crippen LogP contribution in [0.2, 0.25) is 0 Å². The third-order valence-electron chi connectivity index (χ3n) is 4.71. The van der Waals surface area contributed by atoms with Crippen LogP contribution in [0.4, 0.5) is 5.69 Å². The summed E-state index contributed by atoms with van der Waals surface area (Å²) >= 11 is 0. The van der Waals surface area contributed by atoms with E-state index in [0.717, 1.165) is 17.7 Å². The number of carbonyl (C=O) groups excluding carboxylic acids is 1. The molecule has 2 heterocycles. The Morgan fingerprint density at radius 3 is 2.88 bits per heavy atom. The van der Waals surface area contributed by atoms with Gasteiger partial charge in [-0.2, -0.15) is 0 Å². The van der Waals surface area contributed by atoms with Gasteiger partial charge < -0.3 is 19.1 Å². The lowest BCUT2D eigenvalue weighted by atomic mass is 10.1. The summed E-state index contributed by atoms with van der Waals surface area (Å²) in [5.41, 5.74) is 3.04. The molecule has 2 aromatic rings. The van der Waals surface area contributed by atoms with Crippen LogP contribution in [0.15, 0.2) is 42.5 Å². The molecule has 2 aromatic carbocycles. The fourth-order valence-electron chi connectivity index (χ4n) is 3.54. The average molecular weight is 351 g/mol. The van der Waals surface area contributed by atoms with E-state index < -0.39 is 0 Å². The van der Waals surface area contributed by atoms with Crippen molar-refractivity contribution in [1.29, 1.82) is 0 Å². The molecule has 1 amide bonds. The number of hydrogen-bond donors (Lipinski definition) is 0. The summed E-state index contributed by atoms with van der Waals surface area (Å²) in [6, 6.07) is 11.9. The van der Waals surface area contributed by atoms with Gasteiger partial charge in [0.25, 0.3) is 5.91 Å². The molecule has 5 nitrogen and oxygen atoms in total. The molecule has 0 saturated carbocycles. The van der Waals surface area contributed by atoms with Gasteiger partial charge in [-0.25, -0.2) is 0 Å². The largest absolute Gasteiger partial charge is 0.493 e. The van der Waals surface area contributed by atoms with Crippen LogP contribution >= 0.6 is 0 Å². The number of para-hydroxylation sites is 1. The van der Waals surface area contributed by atoms with Crippen LogP contribution in [0.25, 0.3) is 6.08 Å². The highest BCUT2D eigenvalue weighted by Crippen LogP contribution is 2.40. The van der Waals surface area contributed by atoms with Crippen molar-refractivity contribution in [2.24, 2.45) is 0 Å². The highest BCUT2D eigenvalue weighted by molar-refractivity contribution is 6.05. The maximum Gasteiger partial charge on any atom is 0.251 e. The Morgan fingerprint density at radius 1 is 1.23 bits per heavy atom. The molecule has 1 atom stereocenters. The first-order chi connectivity index (χ1) is 12.7. The number of rotatable bonds is 3. The number of nitrogens with zero attached hydrogens (tertiary/aromatic N) is 1. The Hall–Kier alpha value is -2.95. The predicted molar refractivity (Wildman–Crippen MR) is 100 cm³/mol. The molecule has 0 aromatic heterocycles. The third kappa shape index (κ3) is 2.90. The van der Waals surface area contributed by atoms with Crippen molar-refractivity contribution in [2.75, 3.05) is 25.2 Å². The quantitative estimate of drug-likeness (QED) is 0.795. The summed E-state index contributed by atoms with van der Waals surface area (Å²) in [7, 11) is 1.59. The van der Waals surface area contributed by atoms with Crippen LogP contribution in [-0.2, 0) is 11.2 Å². The molecular weight excluding hydrogens is 330 g/mol. The van der Waals surface area contributed by atoms with E-state index in [-0.39, 0.29) is 11.9 Å². The molecule has 0 saturated heterocycles. The second kappa shape index (κ2) is 6.75. The van der Waals surface area contributed by atoms with Crippen LogP contribution in [-0.4, -0.2) is 32.3 Å². The lowest BCUT2D eigenvalue weighted by molar-refractivity contribution is -0.114. The Labute approximate surface area is 152 Å². The molecule has 134 valence electrons. The molecule has 0 spiro atoms. The van der Waals surface area contributed by atoms with Gasteiger partial charge in [0.15, 0.2) is 11.5 Å². The standard InChI is InChI=1S/C21H21NO4/c1-14-11-16-5-3-4-6-17(16)22(14)20(23)8-7-15-12-18(24-2)21-19(13-15)25-9-10-26-21/h3-8,12-14H,9-11H2,1-2H3/b8-7+/t14-/m0/s1. The molecule has 2 aliphatic rings. The van der Waals surface area contributed by atoms with Crippen molar-refractivity contribution in [3.8, 4) is 17.2 Å². The average Bonchev–Trinajstić information content (AvgIpc) is 3.01. The minimum absolute atomic E-state index is 0.0312. The molecule has 4 rings (SSSR count). The minimum Gasteiger partial charge on any atom is -0.493 e. The zero-order valence-corrected chi connectivity index (χ0v) is 14.9. The van der Waals surface area contributed by atoms with Crippen LogP contribution < -0.4 is 19.1 Å². The molecule has 26 heavy (non-hydrogen) atoms. The Morgan fingerprint density at radius 2 is 2.04 bits per heavy atom. The normalized spacial score (nSPS) is 18.1. The SMILES string of the molecule is COc1cc(/C=C/C(=O)N2c3ccccc3C[C@@H]2C)cc2c1OCCO2. The zero-order chi connectivity index (χ0) is 18.1. The maximum atomic E-state index is 12.8. The van der Waals surface area contributed by atoms with Crippen LogP contribution in [0.1, 0.15) is 18.1 Å². The molecule has 0 unspecified atom stereocenters. The molecule has 0 bridgehead atoms. The van der Waals surface area contributed by atoms with Gasteiger partial charge in [-0.15, -0.1) is 0 Å². The highest BCUT2D eigenvalue weighted by Gasteiger charge is 2.29. The van der Waals surface area contributed by atoms with Crippen LogP contribution in [0.3, 0.4) is 0 Å². The smallest absolute Gasteiger partial charge is 0.251 e. The number of amides is 1. The lowest BCUT2D eigenvalue weighted by Crippen LogP contribution is -2.34. The number of anilines is 1. The molecule has 0 radical (unpaired) electrons. The molecule has 0 fully saturated rings. The number of fused-ring (bicyclic) bond motifs is 2. The fourth-order valence-corrected chi connectivity index (χ4v) is 3.54. The fraction of sp³-hybridized carbons (Fsp3) is 0.286. The van der Waals surface area contributed by atoms with Crippen molar-refractivity contribution in [1.82, 2.24) is 0 Å². The van der Waals surface area contributed by atoms with Crippen LogP contribution in [0, 0.1) is 0 Å². The first kappa shape index (κ1) is 16.5. The number of carbonyl (C=O) groups is 1. The molecule has 0 N–H and O–H groups in total. The summed E-state index contributed by atoms with van der Waals surface area (Å²) in [6.45, 7) is 3.08. The van der Waals surface area contributed by atoms with Crippen molar-refractivity contribution in [3.63, 3.8) is 0 Å². The Kier molecular flexibility index (Phi) is 4.29. The van der Waals surface area contributed by atoms with Gasteiger partial charge in [0.1, 0.15) is 13.2 Å². The first-order valence-corrected chi connectivity index (χ1v) is 8.74. The topological polar surface area (TPSA) is 48.0 Å². The third-order valence-corrected chi connectivity index (χ3v) is 4.71. The maximum absolute atomic E-state index is 12.8. The highest BCUT2D eigenvalue weighted by atomic mass is 16.6. The van der Waals surface area contributed by atoms with E-state index in [1.165, 1.54) is 5.56 Å². The Bertz CT molecular complexity index is 857. The summed E-state index contributed by atoms with van der Waals surface area (Å²) < 4.78 is 16.6. The van der Waals surface area contributed by atoms with Crippen LogP contribution in [0.5, 0.6) is 17.2 Å². The van der Waals surface area contributed by atoms with Gasteiger partial charge in [0.2, 0.25) is 5.75 Å². The van der Waals surface area contributed by atoms with Gasteiger partial charge in [0.05, 0.1) is 7.11 Å². The summed E-state index contributed by atoms with van der Waals surface area (Å²) in [5, 5.41) is 0. The second-order valence-corrected chi connectivity index (χ2v) is 6.47. The minimum atomic E-state index is -0.0312. The molecule has 5 heteroatoms. The van der Waals surface area contributed by atoms with Crippen molar-refractivity contribution < 1.29 is 19.0 Å². The Balaban J connectivity index is 1.59. The summed E-state index contributed by atoms with van der Waals surface area (Å²) in [5.74, 6) is 1.83. The summed E-state index contributed by atoms with van der Waals surface area (Å²) in [4.78, 5) is 14.6. The zero-order valence-electron chi connectivity index (χ0n) is 14.9. The van der Waals surface area contributed by atoms with Gasteiger partial charge in [0, 0.05) is 17.8 Å². The van der Waals surface area contributed by atoms with E-state index in [1.807, 2.05) is 35.2 Å². The summed E-state index contributed by atoms with van der Waals surface area (Å²) in [6.07, 6.45) is 4.27. The van der Waals surface area contributed by atoms with E-state index in [2.05, 4.69) is 13.0 Å². The molecule has 0 aliphatic carbocycles. The number of hydrogen-bond acceptors (Lipinski definition) is 4. The van der Waals surface area contributed by atoms with Gasteiger partial charge in [-0.1, -0.05) is 18.2 Å². The van der Waals surface area contributed by atoms with E-state index in [4.69, 9.17) is 14.2 Å². The monoisotopic (exact) mass is 351 g/mol. The first-order valence-electron chi connectivity index (χ1n) is 8.74. The van der Waals surface area contributed by atoms with E-state index in [9.17, 15) is 4.79 Å². The van der Waals surface area contributed by atoms with Gasteiger partial charge in [-0.3, -0.25) is 4.79 Å². The molecule has 2 aliphatic heterocycles. The van der Waals surface area contributed by atoms with Crippen molar-refractivity contribution in [3.05, 3.63) is 53.6 Å². The van der Waals surface area contributed by atoms with E-state index in [0.29, 0.717) is 30.5 Å². The number of ether oxygens (including phenoxy) is 3. The van der Waals surface area contributed by atoms with Crippen molar-refractivity contribution >= 4 is 17.7 Å². The second-order valence-electron chi connectivity index (χ2n) is 6.47. The van der Waals surface area contributed by atoms with E-state index >= 15 is 0 Å². The number of methoxy groups -OCH3 is 1. The molecular formula is C21H21NO4. The predicted octanol–water partition coefficient (Wildman–Crippen LogP) is 3.46. The van der Waals surface area contributed by atoms with Crippen molar-refractivity contribution in [2.45, 2.75) is 19.4 Å². The van der Waals surface area contributed by atoms with E-state index in [1.54, 1.807) is 19.3 Å². The lowest BCUT2D eigenvalue weighted by Gasteiger charge is -2.21.